The quantitative estimate of drug-likeness (QED) is 0.625. The summed E-state index contributed by atoms with van der Waals surface area (Å²) in [6.07, 6.45) is -4.63. The minimum Gasteiger partial charge on any atom is -0.478 e. The fraction of sp³-hybridized carbons (Fsp3) is 0.200. The van der Waals surface area contributed by atoms with Gasteiger partial charge in [0.2, 0.25) is 0 Å². The predicted octanol–water partition coefficient (Wildman–Crippen LogP) is 3.56. The van der Waals surface area contributed by atoms with Gasteiger partial charge in [-0.1, -0.05) is 11.6 Å². The Hall–Kier alpha value is -1.56. The van der Waals surface area contributed by atoms with E-state index in [-0.39, 0.29) is 5.56 Å². The summed E-state index contributed by atoms with van der Waals surface area (Å²) >= 11 is 5.34. The average molecular weight is 268 g/mol. The van der Waals surface area contributed by atoms with Crippen LogP contribution in [0.4, 0.5) is 13.2 Å². The number of aryl methyl sites for hydroxylation is 1. The molecule has 0 bridgehead atoms. The van der Waals surface area contributed by atoms with Gasteiger partial charge >= 0.3 is 12.1 Å². The summed E-state index contributed by atoms with van der Waals surface area (Å²) in [7, 11) is 0. The molecule has 1 N–H and O–H groups in total. The van der Waals surface area contributed by atoms with Gasteiger partial charge in [-0.25, -0.2) is 9.78 Å². The smallest absolute Gasteiger partial charge is 0.433 e. The summed E-state index contributed by atoms with van der Waals surface area (Å²) < 4.78 is 36.6. The zero-order valence-corrected chi connectivity index (χ0v) is 9.56. The third kappa shape index (κ3) is 3.74. The topological polar surface area (TPSA) is 50.2 Å². The molecule has 0 unspecified atom stereocenters. The van der Waals surface area contributed by atoms with Gasteiger partial charge in [-0.05, 0) is 18.6 Å². The Balaban J connectivity index is 0.00000121. The summed E-state index contributed by atoms with van der Waals surface area (Å²) in [5.41, 5.74) is -1.69. The Morgan fingerprint density at radius 2 is 1.94 bits per heavy atom. The van der Waals surface area contributed by atoms with Crippen LogP contribution < -0.4 is 0 Å². The maximum Gasteiger partial charge on any atom is 0.433 e. The second-order valence-corrected chi connectivity index (χ2v) is 3.15. The minimum absolute atomic E-state index is 0.0742. The molecule has 3 nitrogen and oxygen atoms in total. The van der Waals surface area contributed by atoms with Crippen molar-refractivity contribution in [3.63, 3.8) is 0 Å². The van der Waals surface area contributed by atoms with E-state index in [9.17, 15) is 18.0 Å². The van der Waals surface area contributed by atoms with Crippen LogP contribution in [-0.4, -0.2) is 16.1 Å². The molecule has 0 saturated heterocycles. The lowest BCUT2D eigenvalue weighted by Crippen LogP contribution is -2.12. The van der Waals surface area contributed by atoms with Crippen molar-refractivity contribution in [3.8, 4) is 0 Å². The van der Waals surface area contributed by atoms with Crippen LogP contribution in [-0.2, 0) is 6.18 Å². The highest BCUT2D eigenvalue weighted by molar-refractivity contribution is 6.32. The number of hydrogen-bond acceptors (Lipinski definition) is 2. The Labute approximate surface area is 101 Å². The van der Waals surface area contributed by atoms with E-state index in [4.69, 9.17) is 16.7 Å². The van der Waals surface area contributed by atoms with Gasteiger partial charge in [-0.3, -0.25) is 0 Å². The lowest BCUT2D eigenvalue weighted by atomic mass is 10.1. The molecule has 0 radical (unpaired) electrons. The van der Waals surface area contributed by atoms with E-state index in [1.54, 1.807) is 0 Å². The molecule has 0 atom stereocenters. The van der Waals surface area contributed by atoms with Crippen LogP contribution in [0.5, 0.6) is 0 Å². The molecule has 94 valence electrons. The van der Waals surface area contributed by atoms with E-state index in [2.05, 4.69) is 18.1 Å². The molecule has 0 spiro atoms. The highest BCUT2D eigenvalue weighted by Crippen LogP contribution is 2.31. The number of carbonyl (C=O) groups is 1. The number of alkyl halides is 3. The first-order valence-electron chi connectivity index (χ1n) is 4.21. The van der Waals surface area contributed by atoms with Crippen LogP contribution in [0.2, 0.25) is 5.15 Å². The normalized spacial score (nSPS) is 10.4. The highest BCUT2D eigenvalue weighted by Gasteiger charge is 2.34. The van der Waals surface area contributed by atoms with E-state index < -0.39 is 28.6 Å². The first kappa shape index (κ1) is 15.4. The molecule has 17 heavy (non-hydrogen) atoms. The number of carboxylic acids is 1. The van der Waals surface area contributed by atoms with Crippen LogP contribution >= 0.6 is 11.6 Å². The Kier molecular flexibility index (Phi) is 5.15. The number of aromatic carboxylic acids is 1. The number of pyridine rings is 1. The van der Waals surface area contributed by atoms with Gasteiger partial charge in [0.25, 0.3) is 0 Å². The number of halogens is 4. The number of nitrogens with zero attached hydrogens (tertiary/aromatic N) is 1. The molecule has 0 aliphatic rings. The SMILES string of the molecule is C=C.Cc1cc(C(F)(F)F)nc(Cl)c1C(=O)O. The van der Waals surface area contributed by atoms with Crippen molar-refractivity contribution in [2.75, 3.05) is 0 Å². The predicted molar refractivity (Wildman–Crippen MR) is 57.2 cm³/mol. The molecular weight excluding hydrogens is 259 g/mol. The molecular formula is C10H9ClF3NO2. The molecule has 1 rings (SSSR count). The summed E-state index contributed by atoms with van der Waals surface area (Å²) in [5, 5.41) is 7.98. The summed E-state index contributed by atoms with van der Waals surface area (Å²) in [6, 6.07) is 0.648. The van der Waals surface area contributed by atoms with Crippen LogP contribution in [0.1, 0.15) is 21.6 Å². The van der Waals surface area contributed by atoms with Crippen molar-refractivity contribution in [2.24, 2.45) is 0 Å². The third-order valence-corrected chi connectivity index (χ3v) is 1.95. The number of hydrogen-bond donors (Lipinski definition) is 1. The van der Waals surface area contributed by atoms with Gasteiger partial charge in [-0.15, -0.1) is 13.2 Å². The summed E-state index contributed by atoms with van der Waals surface area (Å²) in [4.78, 5) is 13.6. The molecule has 1 aromatic heterocycles. The Morgan fingerprint density at radius 1 is 1.47 bits per heavy atom. The molecule has 7 heteroatoms. The lowest BCUT2D eigenvalue weighted by molar-refractivity contribution is -0.141. The molecule has 0 saturated carbocycles. The van der Waals surface area contributed by atoms with Gasteiger partial charge in [0.05, 0.1) is 5.56 Å². The third-order valence-electron chi connectivity index (χ3n) is 1.68. The molecule has 0 aliphatic heterocycles. The zero-order valence-electron chi connectivity index (χ0n) is 8.81. The van der Waals surface area contributed by atoms with E-state index in [1.807, 2.05) is 0 Å². The maximum absolute atomic E-state index is 12.2. The van der Waals surface area contributed by atoms with Crippen LogP contribution in [0, 0.1) is 6.92 Å². The first-order chi connectivity index (χ1) is 7.73. The van der Waals surface area contributed by atoms with Crippen molar-refractivity contribution in [1.29, 1.82) is 0 Å². The molecule has 0 aliphatic carbocycles. The van der Waals surface area contributed by atoms with Gasteiger partial charge in [0, 0.05) is 0 Å². The Bertz CT molecular complexity index is 409. The van der Waals surface area contributed by atoms with E-state index >= 15 is 0 Å². The standard InChI is InChI=1S/C8H5ClF3NO2.C2H4/c1-3-2-4(8(10,11)12)13-6(9)5(3)7(14)15;1-2/h2H,1H3,(H,14,15);1-2H2. The molecule has 1 heterocycles. The second kappa shape index (κ2) is 5.67. The maximum atomic E-state index is 12.2. The number of aromatic nitrogens is 1. The average Bonchev–Trinajstić information content (AvgIpc) is 2.17. The van der Waals surface area contributed by atoms with Crippen molar-refractivity contribution in [2.45, 2.75) is 13.1 Å². The molecule has 0 amide bonds. The fourth-order valence-corrected chi connectivity index (χ4v) is 1.36. The second-order valence-electron chi connectivity index (χ2n) is 2.79. The lowest BCUT2D eigenvalue weighted by Gasteiger charge is -2.09. The number of rotatable bonds is 1. The van der Waals surface area contributed by atoms with Gasteiger partial charge in [0.1, 0.15) is 10.8 Å². The summed E-state index contributed by atoms with van der Waals surface area (Å²) in [5.74, 6) is -1.40. The minimum atomic E-state index is -4.63. The monoisotopic (exact) mass is 267 g/mol. The summed E-state index contributed by atoms with van der Waals surface area (Å²) in [6.45, 7) is 7.23. The first-order valence-corrected chi connectivity index (χ1v) is 4.59. The van der Waals surface area contributed by atoms with Crippen LogP contribution in [0.15, 0.2) is 19.2 Å². The number of carboxylic acid groups (broad SMARTS) is 1. The van der Waals surface area contributed by atoms with E-state index in [0.29, 0.717) is 6.07 Å². The molecule has 0 aromatic carbocycles. The van der Waals surface area contributed by atoms with Crippen LogP contribution in [0.25, 0.3) is 0 Å². The van der Waals surface area contributed by atoms with E-state index in [1.165, 1.54) is 6.92 Å². The molecule has 0 fully saturated rings. The highest BCUT2D eigenvalue weighted by atomic mass is 35.5. The van der Waals surface area contributed by atoms with E-state index in [0.717, 1.165) is 0 Å². The van der Waals surface area contributed by atoms with Gasteiger partial charge in [0.15, 0.2) is 0 Å². The zero-order chi connectivity index (χ0) is 13.8. The van der Waals surface area contributed by atoms with Crippen molar-refractivity contribution < 1.29 is 23.1 Å². The van der Waals surface area contributed by atoms with Gasteiger partial charge < -0.3 is 5.11 Å². The van der Waals surface area contributed by atoms with Crippen molar-refractivity contribution in [1.82, 2.24) is 4.98 Å². The van der Waals surface area contributed by atoms with Gasteiger partial charge in [-0.2, -0.15) is 13.2 Å². The van der Waals surface area contributed by atoms with Crippen molar-refractivity contribution >= 4 is 17.6 Å². The Morgan fingerprint density at radius 3 is 2.24 bits per heavy atom. The largest absolute Gasteiger partial charge is 0.478 e. The fourth-order valence-electron chi connectivity index (χ4n) is 1.04. The molecule has 1 aromatic rings. The van der Waals surface area contributed by atoms with Crippen LogP contribution in [0.3, 0.4) is 0 Å². The van der Waals surface area contributed by atoms with Crippen molar-refractivity contribution in [3.05, 3.63) is 41.2 Å².